The number of methoxy groups -OCH3 is 1. The largest absolute Gasteiger partial charge is 0.433 e. The minimum Gasteiger partial charge on any atom is -0.383 e. The van der Waals surface area contributed by atoms with Crippen molar-refractivity contribution in [2.24, 2.45) is 0 Å². The molecule has 0 spiro atoms. The highest BCUT2D eigenvalue weighted by atomic mass is 19.4. The fourth-order valence-corrected chi connectivity index (χ4v) is 2.67. The maximum absolute atomic E-state index is 13.5. The number of halogens is 3. The fraction of sp³-hybridized carbons (Fsp3) is 0.278. The maximum Gasteiger partial charge on any atom is 0.433 e. The van der Waals surface area contributed by atoms with Crippen LogP contribution < -0.4 is 5.32 Å². The first-order valence-electron chi connectivity index (χ1n) is 8.12. The topological polar surface area (TPSA) is 68.5 Å². The lowest BCUT2D eigenvalue weighted by molar-refractivity contribution is -0.142. The Hall–Kier alpha value is -2.94. The van der Waals surface area contributed by atoms with Gasteiger partial charge in [0.15, 0.2) is 11.3 Å². The first-order valence-corrected chi connectivity index (χ1v) is 8.12. The number of carbonyl (C=O) groups excluding carboxylic acids is 1. The Balaban J connectivity index is 2.14. The Labute approximate surface area is 153 Å². The fourth-order valence-electron chi connectivity index (χ4n) is 2.67. The van der Waals surface area contributed by atoms with Crippen LogP contribution in [0.2, 0.25) is 0 Å². The van der Waals surface area contributed by atoms with E-state index in [0.717, 1.165) is 12.3 Å². The van der Waals surface area contributed by atoms with Gasteiger partial charge in [-0.05, 0) is 13.0 Å². The highest BCUT2D eigenvalue weighted by Crippen LogP contribution is 2.32. The molecular formula is C18H17F3N4O2. The molecule has 2 heterocycles. The summed E-state index contributed by atoms with van der Waals surface area (Å²) in [5, 5.41) is 6.39. The van der Waals surface area contributed by atoms with E-state index in [4.69, 9.17) is 4.74 Å². The number of aromatic nitrogens is 3. The van der Waals surface area contributed by atoms with Crippen LogP contribution in [0.4, 0.5) is 13.2 Å². The molecule has 3 aromatic rings. The molecule has 0 aliphatic carbocycles. The van der Waals surface area contributed by atoms with Crippen LogP contribution in [0.25, 0.3) is 16.9 Å². The molecule has 1 aromatic carbocycles. The third-order valence-corrected chi connectivity index (χ3v) is 3.87. The molecule has 1 amide bonds. The summed E-state index contributed by atoms with van der Waals surface area (Å²) in [4.78, 5) is 16.7. The van der Waals surface area contributed by atoms with Crippen molar-refractivity contribution in [1.29, 1.82) is 0 Å². The summed E-state index contributed by atoms with van der Waals surface area (Å²) in [6.45, 7) is 1.98. The average molecular weight is 378 g/mol. The van der Waals surface area contributed by atoms with Crippen LogP contribution >= 0.6 is 0 Å². The first kappa shape index (κ1) is 18.8. The van der Waals surface area contributed by atoms with Crippen molar-refractivity contribution in [3.8, 4) is 11.3 Å². The molecule has 6 nitrogen and oxygen atoms in total. The minimum absolute atomic E-state index is 0.0405. The Bertz CT molecular complexity index is 954. The van der Waals surface area contributed by atoms with Gasteiger partial charge < -0.3 is 10.1 Å². The van der Waals surface area contributed by atoms with Crippen molar-refractivity contribution in [1.82, 2.24) is 19.9 Å². The molecule has 1 N–H and O–H groups in total. The second-order valence-corrected chi connectivity index (χ2v) is 6.01. The summed E-state index contributed by atoms with van der Waals surface area (Å²) >= 11 is 0. The SMILES string of the molecule is COC[C@H](C)NC(=O)c1cnn2c(C(F)(F)F)cc(-c3ccccc3)nc12. The lowest BCUT2D eigenvalue weighted by Crippen LogP contribution is -2.35. The molecule has 27 heavy (non-hydrogen) atoms. The number of benzene rings is 1. The van der Waals surface area contributed by atoms with E-state index in [2.05, 4.69) is 15.4 Å². The zero-order valence-corrected chi connectivity index (χ0v) is 14.6. The zero-order chi connectivity index (χ0) is 19.6. The number of hydrogen-bond acceptors (Lipinski definition) is 4. The first-order chi connectivity index (χ1) is 12.8. The summed E-state index contributed by atoms with van der Waals surface area (Å²) < 4.78 is 46.2. The summed E-state index contributed by atoms with van der Waals surface area (Å²) in [6.07, 6.45) is -3.57. The minimum atomic E-state index is -4.66. The summed E-state index contributed by atoms with van der Waals surface area (Å²) in [5.41, 5.74) is -0.594. The van der Waals surface area contributed by atoms with Gasteiger partial charge in [-0.1, -0.05) is 30.3 Å². The molecule has 0 aliphatic rings. The second kappa shape index (κ2) is 7.36. The van der Waals surface area contributed by atoms with Gasteiger partial charge in [0, 0.05) is 18.7 Å². The van der Waals surface area contributed by atoms with Gasteiger partial charge >= 0.3 is 6.18 Å². The standard InChI is InChI=1S/C18H17F3N4O2/c1-11(10-27-2)23-17(26)13-9-22-25-15(18(19,20)21)8-14(24-16(13)25)12-6-4-3-5-7-12/h3-9,11H,10H2,1-2H3,(H,23,26)/t11-/m0/s1. The van der Waals surface area contributed by atoms with E-state index in [1.165, 1.54) is 7.11 Å². The molecule has 2 aromatic heterocycles. The Morgan fingerprint density at radius 3 is 2.63 bits per heavy atom. The Morgan fingerprint density at radius 1 is 1.30 bits per heavy atom. The molecule has 0 aliphatic heterocycles. The van der Waals surface area contributed by atoms with Gasteiger partial charge in [0.25, 0.3) is 5.91 Å². The van der Waals surface area contributed by atoms with Gasteiger partial charge in [0.05, 0.1) is 18.5 Å². The third kappa shape index (κ3) is 3.92. The van der Waals surface area contributed by atoms with Gasteiger partial charge in [0.1, 0.15) is 5.56 Å². The molecule has 142 valence electrons. The number of fused-ring (bicyclic) bond motifs is 1. The Kier molecular flexibility index (Phi) is 5.13. The van der Waals surface area contributed by atoms with Crippen LogP contribution in [0.3, 0.4) is 0 Å². The van der Waals surface area contributed by atoms with Crippen LogP contribution in [0.15, 0.2) is 42.6 Å². The number of carbonyl (C=O) groups is 1. The van der Waals surface area contributed by atoms with Crippen molar-refractivity contribution >= 4 is 11.6 Å². The van der Waals surface area contributed by atoms with Crippen LogP contribution in [0.1, 0.15) is 23.0 Å². The number of alkyl halides is 3. The van der Waals surface area contributed by atoms with E-state index >= 15 is 0 Å². The number of amides is 1. The molecule has 0 radical (unpaired) electrons. The molecule has 0 saturated heterocycles. The van der Waals surface area contributed by atoms with Crippen LogP contribution in [-0.2, 0) is 10.9 Å². The number of hydrogen-bond donors (Lipinski definition) is 1. The van der Waals surface area contributed by atoms with Crippen LogP contribution in [0.5, 0.6) is 0 Å². The van der Waals surface area contributed by atoms with Crippen LogP contribution in [-0.4, -0.2) is 40.3 Å². The van der Waals surface area contributed by atoms with Crippen molar-refractivity contribution < 1.29 is 22.7 Å². The van der Waals surface area contributed by atoms with Crippen LogP contribution in [0, 0.1) is 0 Å². The van der Waals surface area contributed by atoms with E-state index in [0.29, 0.717) is 10.1 Å². The molecule has 1 atom stereocenters. The van der Waals surface area contributed by atoms with E-state index in [-0.39, 0.29) is 29.6 Å². The Morgan fingerprint density at radius 2 is 2.00 bits per heavy atom. The van der Waals surface area contributed by atoms with Crippen molar-refractivity contribution in [3.63, 3.8) is 0 Å². The van der Waals surface area contributed by atoms with E-state index in [1.807, 2.05) is 0 Å². The second-order valence-electron chi connectivity index (χ2n) is 6.01. The number of nitrogens with one attached hydrogen (secondary N) is 1. The molecular weight excluding hydrogens is 361 g/mol. The summed E-state index contributed by atoms with van der Waals surface area (Å²) in [6, 6.07) is 9.05. The third-order valence-electron chi connectivity index (χ3n) is 3.87. The highest BCUT2D eigenvalue weighted by Gasteiger charge is 2.36. The lowest BCUT2D eigenvalue weighted by atomic mass is 10.1. The number of ether oxygens (including phenoxy) is 1. The van der Waals surface area contributed by atoms with E-state index < -0.39 is 17.8 Å². The van der Waals surface area contributed by atoms with Crippen molar-refractivity contribution in [3.05, 3.63) is 53.9 Å². The predicted octanol–water partition coefficient (Wildman–Crippen LogP) is 3.18. The van der Waals surface area contributed by atoms with E-state index in [9.17, 15) is 18.0 Å². The van der Waals surface area contributed by atoms with Crippen molar-refractivity contribution in [2.45, 2.75) is 19.1 Å². The quantitative estimate of drug-likeness (QED) is 0.741. The van der Waals surface area contributed by atoms with Gasteiger partial charge in [-0.25, -0.2) is 9.50 Å². The summed E-state index contributed by atoms with van der Waals surface area (Å²) in [5.74, 6) is -0.569. The normalized spacial score (nSPS) is 12.9. The molecule has 0 fully saturated rings. The number of rotatable bonds is 5. The molecule has 0 bridgehead atoms. The maximum atomic E-state index is 13.5. The average Bonchev–Trinajstić information content (AvgIpc) is 3.05. The van der Waals surface area contributed by atoms with Gasteiger partial charge in [-0.3, -0.25) is 4.79 Å². The molecule has 9 heteroatoms. The molecule has 0 unspecified atom stereocenters. The zero-order valence-electron chi connectivity index (χ0n) is 14.6. The van der Waals surface area contributed by atoms with Gasteiger partial charge in [-0.15, -0.1) is 0 Å². The molecule has 3 rings (SSSR count). The smallest absolute Gasteiger partial charge is 0.383 e. The van der Waals surface area contributed by atoms with Gasteiger partial charge in [0.2, 0.25) is 0 Å². The van der Waals surface area contributed by atoms with Gasteiger partial charge in [-0.2, -0.15) is 18.3 Å². The lowest BCUT2D eigenvalue weighted by Gasteiger charge is -2.13. The van der Waals surface area contributed by atoms with E-state index in [1.54, 1.807) is 37.3 Å². The predicted molar refractivity (Wildman–Crippen MR) is 92.2 cm³/mol. The molecule has 0 saturated carbocycles. The number of nitrogens with zero attached hydrogens (tertiary/aromatic N) is 3. The monoisotopic (exact) mass is 378 g/mol. The summed E-state index contributed by atoms with van der Waals surface area (Å²) in [7, 11) is 1.49. The highest BCUT2D eigenvalue weighted by molar-refractivity contribution is 6.00. The van der Waals surface area contributed by atoms with Crippen molar-refractivity contribution in [2.75, 3.05) is 13.7 Å².